The fraction of sp³-hybridized carbons (Fsp3) is 0.200. The smallest absolute Gasteiger partial charge is 0.257 e. The van der Waals surface area contributed by atoms with Gasteiger partial charge in [0.2, 0.25) is 0 Å². The summed E-state index contributed by atoms with van der Waals surface area (Å²) in [5, 5.41) is 14.2. The maximum atomic E-state index is 14.2. The molecule has 10 heteroatoms. The van der Waals surface area contributed by atoms with Crippen LogP contribution in [0.25, 0.3) is 21.6 Å². The minimum Gasteiger partial charge on any atom is -0.307 e. The lowest BCUT2D eigenvalue weighted by molar-refractivity contribution is 0.102. The van der Waals surface area contributed by atoms with E-state index in [0.29, 0.717) is 33.7 Å². The molecule has 35 heavy (non-hydrogen) atoms. The van der Waals surface area contributed by atoms with Crippen molar-refractivity contribution < 1.29 is 13.6 Å². The number of nitrogens with zero attached hydrogens (tertiary/aromatic N) is 5. The third-order valence-corrected chi connectivity index (χ3v) is 6.55. The number of hydrogen-bond acceptors (Lipinski definition) is 5. The van der Waals surface area contributed by atoms with E-state index in [-0.39, 0.29) is 24.1 Å². The summed E-state index contributed by atoms with van der Waals surface area (Å²) < 4.78 is 31.1. The molecule has 0 aliphatic rings. The lowest BCUT2D eigenvalue weighted by Gasteiger charge is -2.13. The largest absolute Gasteiger partial charge is 0.307 e. The van der Waals surface area contributed by atoms with Gasteiger partial charge in [-0.25, -0.2) is 23.1 Å². The Hall–Kier alpha value is -3.92. The van der Waals surface area contributed by atoms with Crippen LogP contribution < -0.4 is 5.32 Å². The number of rotatable bonds is 6. The summed E-state index contributed by atoms with van der Waals surface area (Å²) >= 11 is 1.53. The predicted molar refractivity (Wildman–Crippen MR) is 132 cm³/mol. The average Bonchev–Trinajstić information content (AvgIpc) is 3.57. The Morgan fingerprint density at radius 2 is 1.97 bits per heavy atom. The molecule has 0 aliphatic carbocycles. The van der Waals surface area contributed by atoms with E-state index in [0.717, 1.165) is 23.1 Å². The molecule has 0 radical (unpaired) electrons. The quantitative estimate of drug-likeness (QED) is 0.324. The SMILES string of the molecule is Cc1cnn(Cc2cc(F)ccc2F)c1NC(=O)c1cc(-c2cccs2)nc2c1cnn2C(C)C. The Bertz CT molecular complexity index is 1540. The van der Waals surface area contributed by atoms with Gasteiger partial charge in [0.15, 0.2) is 5.65 Å². The number of carbonyl (C=O) groups excluding carboxylic acids is 1. The van der Waals surface area contributed by atoms with Crippen molar-refractivity contribution in [1.29, 1.82) is 0 Å². The predicted octanol–water partition coefficient (Wildman–Crippen LogP) is 5.82. The molecule has 1 aromatic carbocycles. The van der Waals surface area contributed by atoms with Crippen molar-refractivity contribution in [3.63, 3.8) is 0 Å². The molecule has 0 saturated heterocycles. The molecule has 0 unspecified atom stereocenters. The normalized spacial score (nSPS) is 11.5. The molecule has 0 spiro atoms. The highest BCUT2D eigenvalue weighted by Gasteiger charge is 2.21. The average molecular weight is 493 g/mol. The van der Waals surface area contributed by atoms with E-state index in [2.05, 4.69) is 15.5 Å². The number of thiophene rings is 1. The molecular weight excluding hydrogens is 470 g/mol. The first-order valence-electron chi connectivity index (χ1n) is 11.0. The lowest BCUT2D eigenvalue weighted by Crippen LogP contribution is -2.18. The maximum absolute atomic E-state index is 14.2. The summed E-state index contributed by atoms with van der Waals surface area (Å²) in [5.74, 6) is -1.06. The Labute approximate surface area is 204 Å². The van der Waals surface area contributed by atoms with Crippen LogP contribution in [-0.2, 0) is 6.54 Å². The zero-order valence-electron chi connectivity index (χ0n) is 19.3. The highest BCUT2D eigenvalue weighted by molar-refractivity contribution is 7.13. The molecule has 0 bridgehead atoms. The van der Waals surface area contributed by atoms with Crippen LogP contribution in [0.3, 0.4) is 0 Å². The van der Waals surface area contributed by atoms with Crippen LogP contribution in [-0.4, -0.2) is 30.5 Å². The minimum atomic E-state index is -0.547. The number of hydrogen-bond donors (Lipinski definition) is 1. The summed E-state index contributed by atoms with van der Waals surface area (Å²) in [4.78, 5) is 19.3. The van der Waals surface area contributed by atoms with Crippen molar-refractivity contribution in [2.75, 3.05) is 5.32 Å². The Balaban J connectivity index is 1.55. The number of carbonyl (C=O) groups is 1. The van der Waals surface area contributed by atoms with E-state index in [1.807, 2.05) is 31.4 Å². The van der Waals surface area contributed by atoms with E-state index in [4.69, 9.17) is 4.98 Å². The van der Waals surface area contributed by atoms with Crippen LogP contribution in [0, 0.1) is 18.6 Å². The second-order valence-corrected chi connectivity index (χ2v) is 9.42. The second-order valence-electron chi connectivity index (χ2n) is 8.48. The van der Waals surface area contributed by atoms with Gasteiger partial charge in [-0.15, -0.1) is 11.3 Å². The number of nitrogens with one attached hydrogen (secondary N) is 1. The van der Waals surface area contributed by atoms with Gasteiger partial charge < -0.3 is 5.32 Å². The second kappa shape index (κ2) is 9.03. The van der Waals surface area contributed by atoms with Gasteiger partial charge in [0, 0.05) is 17.2 Å². The molecule has 0 atom stereocenters. The number of halogens is 2. The monoisotopic (exact) mass is 492 g/mol. The molecule has 0 aliphatic heterocycles. The molecule has 0 saturated carbocycles. The molecule has 5 aromatic rings. The first-order valence-corrected chi connectivity index (χ1v) is 11.9. The zero-order chi connectivity index (χ0) is 24.7. The van der Waals surface area contributed by atoms with Gasteiger partial charge in [-0.2, -0.15) is 10.2 Å². The minimum absolute atomic E-state index is 0.0372. The van der Waals surface area contributed by atoms with E-state index in [9.17, 15) is 13.6 Å². The van der Waals surface area contributed by atoms with Crippen LogP contribution in [0.1, 0.15) is 41.4 Å². The fourth-order valence-electron chi connectivity index (χ4n) is 3.90. The van der Waals surface area contributed by atoms with Crippen molar-refractivity contribution in [1.82, 2.24) is 24.5 Å². The summed E-state index contributed by atoms with van der Waals surface area (Å²) in [6.45, 7) is 5.75. The van der Waals surface area contributed by atoms with Crippen LogP contribution in [0.15, 0.2) is 54.2 Å². The standard InChI is InChI=1S/C25H22F2N6OS/c1-14(2)33-24-19(12-29-33)18(10-21(30-24)22-5-4-8-35-22)25(34)31-23-15(3)11-28-32(23)13-16-9-17(26)6-7-20(16)27/h4-12,14H,13H2,1-3H3,(H,31,34). The van der Waals surface area contributed by atoms with Crippen molar-refractivity contribution >= 4 is 34.1 Å². The third kappa shape index (κ3) is 4.32. The number of aromatic nitrogens is 5. The van der Waals surface area contributed by atoms with Gasteiger partial charge in [0.25, 0.3) is 5.91 Å². The van der Waals surface area contributed by atoms with E-state index in [1.165, 1.54) is 16.0 Å². The molecule has 4 heterocycles. The number of benzene rings is 1. The van der Waals surface area contributed by atoms with E-state index < -0.39 is 11.6 Å². The number of aryl methyl sites for hydroxylation is 1. The van der Waals surface area contributed by atoms with Crippen molar-refractivity contribution in [3.05, 3.63) is 82.5 Å². The number of anilines is 1. The number of pyridine rings is 1. The van der Waals surface area contributed by atoms with Gasteiger partial charge in [0.05, 0.1) is 40.5 Å². The van der Waals surface area contributed by atoms with Gasteiger partial charge in [0.1, 0.15) is 17.5 Å². The van der Waals surface area contributed by atoms with Crippen LogP contribution in [0.5, 0.6) is 0 Å². The summed E-state index contributed by atoms with van der Waals surface area (Å²) in [7, 11) is 0. The molecule has 1 amide bonds. The number of fused-ring (bicyclic) bond motifs is 1. The molecular formula is C25H22F2N6OS. The topological polar surface area (TPSA) is 77.6 Å². The highest BCUT2D eigenvalue weighted by atomic mass is 32.1. The van der Waals surface area contributed by atoms with Crippen LogP contribution in [0.2, 0.25) is 0 Å². The maximum Gasteiger partial charge on any atom is 0.257 e. The fourth-order valence-corrected chi connectivity index (χ4v) is 4.58. The number of amides is 1. The summed E-state index contributed by atoms with van der Waals surface area (Å²) in [6, 6.07) is 8.94. The van der Waals surface area contributed by atoms with E-state index in [1.54, 1.807) is 30.1 Å². The zero-order valence-corrected chi connectivity index (χ0v) is 20.1. The van der Waals surface area contributed by atoms with Crippen molar-refractivity contribution in [2.24, 2.45) is 0 Å². The first-order chi connectivity index (χ1) is 16.8. The van der Waals surface area contributed by atoms with Gasteiger partial charge in [-0.1, -0.05) is 6.07 Å². The van der Waals surface area contributed by atoms with Gasteiger partial charge >= 0.3 is 0 Å². The van der Waals surface area contributed by atoms with Crippen LogP contribution in [0.4, 0.5) is 14.6 Å². The Morgan fingerprint density at radius 3 is 2.71 bits per heavy atom. The van der Waals surface area contributed by atoms with Crippen LogP contribution >= 0.6 is 11.3 Å². The molecule has 1 N–H and O–H groups in total. The summed E-state index contributed by atoms with van der Waals surface area (Å²) in [5.41, 5.74) is 2.52. The Kier molecular flexibility index (Phi) is 5.89. The van der Waals surface area contributed by atoms with E-state index >= 15 is 0 Å². The van der Waals surface area contributed by atoms with Crippen molar-refractivity contribution in [2.45, 2.75) is 33.4 Å². The molecule has 5 rings (SSSR count). The first kappa shape index (κ1) is 22.9. The van der Waals surface area contributed by atoms with Gasteiger partial charge in [-0.3, -0.25) is 4.79 Å². The van der Waals surface area contributed by atoms with Crippen molar-refractivity contribution in [3.8, 4) is 10.6 Å². The summed E-state index contributed by atoms with van der Waals surface area (Å²) in [6.07, 6.45) is 3.21. The third-order valence-electron chi connectivity index (χ3n) is 5.66. The highest BCUT2D eigenvalue weighted by Crippen LogP contribution is 2.30. The molecule has 0 fully saturated rings. The molecule has 7 nitrogen and oxygen atoms in total. The lowest BCUT2D eigenvalue weighted by atomic mass is 10.1. The molecule has 178 valence electrons. The Morgan fingerprint density at radius 1 is 1.14 bits per heavy atom. The molecule has 4 aromatic heterocycles. The van der Waals surface area contributed by atoms with Gasteiger partial charge in [-0.05, 0) is 56.5 Å².